The molecule has 0 saturated carbocycles. The van der Waals surface area contributed by atoms with Crippen molar-refractivity contribution in [2.45, 2.75) is 32.2 Å². The Hall–Kier alpha value is -1.69. The van der Waals surface area contributed by atoms with Crippen molar-refractivity contribution in [1.82, 2.24) is 0 Å². The third-order valence-corrected chi connectivity index (χ3v) is 3.21. The van der Waals surface area contributed by atoms with E-state index in [-0.39, 0.29) is 11.4 Å². The van der Waals surface area contributed by atoms with Crippen LogP contribution in [0.1, 0.15) is 26.7 Å². The van der Waals surface area contributed by atoms with E-state index in [1.54, 1.807) is 0 Å². The van der Waals surface area contributed by atoms with Crippen molar-refractivity contribution in [3.63, 3.8) is 0 Å². The summed E-state index contributed by atoms with van der Waals surface area (Å²) in [6.07, 6.45) is 1.41. The van der Waals surface area contributed by atoms with E-state index in [0.29, 0.717) is 19.4 Å². The van der Waals surface area contributed by atoms with E-state index >= 15 is 0 Å². The average Bonchev–Trinajstić information content (AvgIpc) is 2.36. The number of nitro benzene ring substituents is 1. The van der Waals surface area contributed by atoms with Crippen molar-refractivity contribution in [3.05, 3.63) is 34.1 Å². The highest BCUT2D eigenvalue weighted by molar-refractivity contribution is 5.62. The van der Waals surface area contributed by atoms with Gasteiger partial charge < -0.3 is 11.1 Å². The average molecular weight is 255 g/mol. The third kappa shape index (κ3) is 3.16. The number of nitrogens with two attached hydrogens (primary N) is 1. The lowest BCUT2D eigenvalue weighted by Gasteiger charge is -2.27. The van der Waals surface area contributed by atoms with Gasteiger partial charge in [-0.1, -0.05) is 19.9 Å². The first-order valence-electron chi connectivity index (χ1n) is 5.89. The Morgan fingerprint density at radius 2 is 2.06 bits per heavy atom. The first kappa shape index (κ1) is 14.4. The topological polar surface area (TPSA) is 81.2 Å². The number of rotatable bonds is 6. The lowest BCUT2D eigenvalue weighted by Crippen LogP contribution is -2.45. The van der Waals surface area contributed by atoms with Gasteiger partial charge in [0, 0.05) is 18.2 Å². The summed E-state index contributed by atoms with van der Waals surface area (Å²) >= 11 is 0. The fourth-order valence-electron chi connectivity index (χ4n) is 1.60. The van der Waals surface area contributed by atoms with Gasteiger partial charge in [-0.15, -0.1) is 0 Å². The standard InChI is InChI=1S/C12H18FN3O2/c1-3-12(14,4-2)8-15-11-9(13)6-5-7-10(11)16(17)18/h5-7,15H,3-4,8,14H2,1-2H3. The van der Waals surface area contributed by atoms with Crippen LogP contribution in [-0.4, -0.2) is 17.0 Å². The third-order valence-electron chi connectivity index (χ3n) is 3.21. The van der Waals surface area contributed by atoms with E-state index in [1.807, 2.05) is 13.8 Å². The van der Waals surface area contributed by atoms with Crippen LogP contribution < -0.4 is 11.1 Å². The molecule has 1 rings (SSSR count). The molecule has 0 atom stereocenters. The minimum atomic E-state index is -0.640. The Kier molecular flexibility index (Phi) is 4.61. The van der Waals surface area contributed by atoms with Gasteiger partial charge in [-0.25, -0.2) is 4.39 Å². The van der Waals surface area contributed by atoms with Crippen molar-refractivity contribution in [3.8, 4) is 0 Å². The molecule has 0 spiro atoms. The lowest BCUT2D eigenvalue weighted by atomic mass is 9.94. The SMILES string of the molecule is CCC(N)(CC)CNc1c(F)cccc1[N+](=O)[O-]. The smallest absolute Gasteiger partial charge is 0.295 e. The van der Waals surface area contributed by atoms with Gasteiger partial charge in [0.15, 0.2) is 5.82 Å². The van der Waals surface area contributed by atoms with E-state index < -0.39 is 16.3 Å². The van der Waals surface area contributed by atoms with Gasteiger partial charge >= 0.3 is 0 Å². The Bertz CT molecular complexity index is 433. The van der Waals surface area contributed by atoms with Gasteiger partial charge in [-0.05, 0) is 18.9 Å². The summed E-state index contributed by atoms with van der Waals surface area (Å²) < 4.78 is 13.6. The summed E-state index contributed by atoms with van der Waals surface area (Å²) in [6.45, 7) is 4.16. The summed E-state index contributed by atoms with van der Waals surface area (Å²) in [5.41, 5.74) is 5.20. The first-order chi connectivity index (χ1) is 8.43. The zero-order valence-corrected chi connectivity index (χ0v) is 10.6. The second-order valence-electron chi connectivity index (χ2n) is 4.31. The highest BCUT2D eigenvalue weighted by atomic mass is 19.1. The maximum atomic E-state index is 13.6. The molecule has 3 N–H and O–H groups in total. The van der Waals surface area contributed by atoms with E-state index in [0.717, 1.165) is 0 Å². The highest BCUT2D eigenvalue weighted by Crippen LogP contribution is 2.27. The zero-order valence-electron chi connectivity index (χ0n) is 10.6. The number of para-hydroxylation sites is 1. The van der Waals surface area contributed by atoms with E-state index in [1.165, 1.54) is 18.2 Å². The molecule has 0 fully saturated rings. The maximum Gasteiger partial charge on any atom is 0.295 e. The summed E-state index contributed by atoms with van der Waals surface area (Å²) in [6, 6.07) is 3.76. The Balaban J connectivity index is 2.94. The van der Waals surface area contributed by atoms with Crippen molar-refractivity contribution in [1.29, 1.82) is 0 Å². The minimum Gasteiger partial charge on any atom is -0.375 e. The summed E-state index contributed by atoms with van der Waals surface area (Å²) in [4.78, 5) is 10.2. The van der Waals surface area contributed by atoms with Crippen LogP contribution in [0, 0.1) is 15.9 Å². The molecule has 5 nitrogen and oxygen atoms in total. The van der Waals surface area contributed by atoms with Gasteiger partial charge in [-0.3, -0.25) is 10.1 Å². The molecule has 0 aliphatic carbocycles. The van der Waals surface area contributed by atoms with Crippen molar-refractivity contribution >= 4 is 11.4 Å². The maximum absolute atomic E-state index is 13.6. The highest BCUT2D eigenvalue weighted by Gasteiger charge is 2.23. The van der Waals surface area contributed by atoms with E-state index in [4.69, 9.17) is 5.73 Å². The fourth-order valence-corrected chi connectivity index (χ4v) is 1.60. The molecule has 18 heavy (non-hydrogen) atoms. The summed E-state index contributed by atoms with van der Waals surface area (Å²) in [5, 5.41) is 13.6. The Labute approximate surface area is 105 Å². The van der Waals surface area contributed by atoms with E-state index in [9.17, 15) is 14.5 Å². The van der Waals surface area contributed by atoms with E-state index in [2.05, 4.69) is 5.32 Å². The van der Waals surface area contributed by atoms with Crippen molar-refractivity contribution < 1.29 is 9.31 Å². The van der Waals surface area contributed by atoms with Crippen LogP contribution in [0.3, 0.4) is 0 Å². The molecule has 0 radical (unpaired) electrons. The fraction of sp³-hybridized carbons (Fsp3) is 0.500. The molecular formula is C12H18FN3O2. The second-order valence-corrected chi connectivity index (χ2v) is 4.31. The van der Waals surface area contributed by atoms with Gasteiger partial charge in [0.2, 0.25) is 0 Å². The number of benzene rings is 1. The molecule has 0 unspecified atom stereocenters. The number of halogens is 1. The molecule has 100 valence electrons. The zero-order chi connectivity index (χ0) is 13.8. The molecule has 1 aromatic rings. The van der Waals surface area contributed by atoms with Crippen LogP contribution in [0.5, 0.6) is 0 Å². The summed E-state index contributed by atoms with van der Waals surface area (Å²) in [5.74, 6) is -0.640. The van der Waals surface area contributed by atoms with Crippen LogP contribution in [-0.2, 0) is 0 Å². The number of hydrogen-bond donors (Lipinski definition) is 2. The number of nitrogens with one attached hydrogen (secondary N) is 1. The van der Waals surface area contributed by atoms with Gasteiger partial charge in [-0.2, -0.15) is 0 Å². The Morgan fingerprint density at radius 1 is 1.44 bits per heavy atom. The van der Waals surface area contributed by atoms with Gasteiger partial charge in [0.25, 0.3) is 5.69 Å². The molecule has 0 heterocycles. The van der Waals surface area contributed by atoms with Crippen LogP contribution in [0.2, 0.25) is 0 Å². The number of hydrogen-bond acceptors (Lipinski definition) is 4. The van der Waals surface area contributed by atoms with Crippen LogP contribution in [0.4, 0.5) is 15.8 Å². The normalized spacial score (nSPS) is 11.3. The molecule has 0 bridgehead atoms. The Morgan fingerprint density at radius 3 is 2.56 bits per heavy atom. The first-order valence-corrected chi connectivity index (χ1v) is 5.89. The summed E-state index contributed by atoms with van der Waals surface area (Å²) in [7, 11) is 0. The predicted octanol–water partition coefficient (Wildman–Crippen LogP) is 2.66. The number of nitrogens with zero attached hydrogens (tertiary/aromatic N) is 1. The van der Waals surface area contributed by atoms with Crippen molar-refractivity contribution in [2.75, 3.05) is 11.9 Å². The predicted molar refractivity (Wildman–Crippen MR) is 69.0 cm³/mol. The van der Waals surface area contributed by atoms with Crippen LogP contribution >= 0.6 is 0 Å². The molecule has 0 aromatic heterocycles. The van der Waals surface area contributed by atoms with Crippen LogP contribution in [0.25, 0.3) is 0 Å². The molecule has 0 aliphatic heterocycles. The molecular weight excluding hydrogens is 237 g/mol. The second kappa shape index (κ2) is 5.77. The van der Waals surface area contributed by atoms with Gasteiger partial charge in [0.1, 0.15) is 5.69 Å². The molecule has 1 aromatic carbocycles. The lowest BCUT2D eigenvalue weighted by molar-refractivity contribution is -0.384. The quantitative estimate of drug-likeness (QED) is 0.605. The largest absolute Gasteiger partial charge is 0.375 e. The molecule has 6 heteroatoms. The van der Waals surface area contributed by atoms with Crippen LogP contribution in [0.15, 0.2) is 18.2 Å². The molecule has 0 aliphatic rings. The number of anilines is 1. The monoisotopic (exact) mass is 255 g/mol. The minimum absolute atomic E-state index is 0.0979. The molecule has 0 amide bonds. The number of nitro groups is 1. The molecule has 0 saturated heterocycles. The van der Waals surface area contributed by atoms with Gasteiger partial charge in [0.05, 0.1) is 4.92 Å². The van der Waals surface area contributed by atoms with Crippen molar-refractivity contribution in [2.24, 2.45) is 5.73 Å².